The van der Waals surface area contributed by atoms with Gasteiger partial charge in [-0.2, -0.15) is 5.26 Å². The average molecular weight is 494 g/mol. The number of H-pyrrole nitrogens is 1. The van der Waals surface area contributed by atoms with E-state index in [1.54, 1.807) is 12.4 Å². The van der Waals surface area contributed by atoms with Crippen LogP contribution in [-0.2, 0) is 6.54 Å². The van der Waals surface area contributed by atoms with Crippen LogP contribution in [0.25, 0.3) is 23.1 Å². The van der Waals surface area contributed by atoms with Crippen molar-refractivity contribution in [3.05, 3.63) is 83.1 Å². The fraction of sp³-hybridized carbons (Fsp3) is 0.276. The van der Waals surface area contributed by atoms with Gasteiger partial charge in [0.05, 0.1) is 23.6 Å². The molecule has 0 aliphatic carbocycles. The summed E-state index contributed by atoms with van der Waals surface area (Å²) in [4.78, 5) is 16.9. The van der Waals surface area contributed by atoms with E-state index in [0.29, 0.717) is 5.56 Å². The number of aromatic amines is 1. The van der Waals surface area contributed by atoms with Gasteiger partial charge in [0.2, 0.25) is 0 Å². The van der Waals surface area contributed by atoms with Crippen LogP contribution in [0.2, 0.25) is 0 Å². The quantitative estimate of drug-likeness (QED) is 0.339. The van der Waals surface area contributed by atoms with Crippen molar-refractivity contribution in [1.29, 1.82) is 5.26 Å². The summed E-state index contributed by atoms with van der Waals surface area (Å²) in [5, 5.41) is 23.5. The number of piperazine rings is 1. The number of benzene rings is 1. The molecule has 1 aliphatic heterocycles. The fourth-order valence-corrected chi connectivity index (χ4v) is 4.76. The second-order valence-corrected chi connectivity index (χ2v) is 9.33. The largest absolute Gasteiger partial charge is 0.395 e. The number of aryl methyl sites for hydroxylation is 1. The summed E-state index contributed by atoms with van der Waals surface area (Å²) in [7, 11) is 0. The van der Waals surface area contributed by atoms with Gasteiger partial charge in [0.25, 0.3) is 0 Å². The maximum absolute atomic E-state index is 9.73. The first-order chi connectivity index (χ1) is 18.1. The second kappa shape index (κ2) is 11.4. The molecule has 8 nitrogen and oxygen atoms in total. The van der Waals surface area contributed by atoms with Crippen molar-refractivity contribution in [3.63, 3.8) is 0 Å². The lowest BCUT2D eigenvalue weighted by molar-refractivity contribution is 0.108. The second-order valence-electron chi connectivity index (χ2n) is 9.33. The topological polar surface area (TPSA) is 104 Å². The number of aliphatic hydroxyl groups excluding tert-OH is 1. The molecule has 188 valence electrons. The van der Waals surface area contributed by atoms with Crippen LogP contribution in [0, 0.1) is 18.3 Å². The predicted molar refractivity (Wildman–Crippen MR) is 147 cm³/mol. The number of β-amino-alcohol motifs (C(OH)–C–C–N with tert-alkyl or cyclic N) is 1. The lowest BCUT2D eigenvalue weighted by Crippen LogP contribution is -2.46. The summed E-state index contributed by atoms with van der Waals surface area (Å²) in [6.07, 6.45) is 11.1. The van der Waals surface area contributed by atoms with Crippen LogP contribution in [0.15, 0.2) is 55.1 Å². The average Bonchev–Trinajstić information content (AvgIpc) is 3.41. The van der Waals surface area contributed by atoms with Crippen molar-refractivity contribution < 1.29 is 5.11 Å². The van der Waals surface area contributed by atoms with E-state index in [1.807, 2.05) is 42.7 Å². The number of rotatable bonds is 8. The van der Waals surface area contributed by atoms with Gasteiger partial charge in [-0.3, -0.25) is 19.8 Å². The fourth-order valence-electron chi connectivity index (χ4n) is 4.76. The maximum Gasteiger partial charge on any atom is 0.103 e. The number of nitriles is 1. The Bertz CT molecular complexity index is 1430. The molecule has 37 heavy (non-hydrogen) atoms. The van der Waals surface area contributed by atoms with Crippen LogP contribution in [0.3, 0.4) is 0 Å². The number of aliphatic hydroxyl groups is 1. The summed E-state index contributed by atoms with van der Waals surface area (Å²) >= 11 is 0. The van der Waals surface area contributed by atoms with Gasteiger partial charge in [0.1, 0.15) is 6.07 Å². The third kappa shape index (κ3) is 5.70. The smallest absolute Gasteiger partial charge is 0.103 e. The number of aromatic nitrogens is 3. The minimum Gasteiger partial charge on any atom is -0.395 e. The summed E-state index contributed by atoms with van der Waals surface area (Å²) in [6.45, 7) is 7.88. The Morgan fingerprint density at radius 1 is 1.05 bits per heavy atom. The molecule has 3 N–H and O–H groups in total. The number of fused-ring (bicyclic) bond motifs is 1. The van der Waals surface area contributed by atoms with Gasteiger partial charge in [0.15, 0.2) is 0 Å². The third-order valence-corrected chi connectivity index (χ3v) is 6.93. The van der Waals surface area contributed by atoms with Crippen molar-refractivity contribution in [2.45, 2.75) is 13.5 Å². The molecule has 1 saturated heterocycles. The van der Waals surface area contributed by atoms with Crippen LogP contribution in [-0.4, -0.2) is 69.2 Å². The highest BCUT2D eigenvalue weighted by Crippen LogP contribution is 2.31. The first-order valence-corrected chi connectivity index (χ1v) is 12.5. The Morgan fingerprint density at radius 3 is 2.65 bits per heavy atom. The Hall–Kier alpha value is -4.03. The van der Waals surface area contributed by atoms with Crippen molar-refractivity contribution in [1.82, 2.24) is 24.8 Å². The van der Waals surface area contributed by atoms with E-state index in [2.05, 4.69) is 55.2 Å². The van der Waals surface area contributed by atoms with E-state index in [1.165, 1.54) is 5.56 Å². The van der Waals surface area contributed by atoms with Gasteiger partial charge in [-0.1, -0.05) is 6.07 Å². The van der Waals surface area contributed by atoms with E-state index in [9.17, 15) is 5.26 Å². The van der Waals surface area contributed by atoms with Crippen LogP contribution >= 0.6 is 0 Å². The Balaban J connectivity index is 1.30. The Morgan fingerprint density at radius 2 is 1.89 bits per heavy atom. The Labute approximate surface area is 216 Å². The van der Waals surface area contributed by atoms with Gasteiger partial charge in [-0.25, -0.2) is 0 Å². The zero-order valence-corrected chi connectivity index (χ0v) is 21.0. The van der Waals surface area contributed by atoms with E-state index >= 15 is 0 Å². The van der Waals surface area contributed by atoms with Crippen molar-refractivity contribution in [2.75, 3.05) is 44.6 Å². The molecule has 8 heteroatoms. The standard InChI is InChI=1S/C29H31N7O/c1-21-26-8-9-32-28(26)7-6-27(21)34-29-23(18-31-19-24(29)16-30)3-5-25-4-2-22(17-33-25)20-36-12-10-35(11-13-36)14-15-37/h2-9,17-19,32,37H,10-15,20H2,1H3,(H,31,34)/b5-3+. The van der Waals surface area contributed by atoms with E-state index < -0.39 is 0 Å². The molecule has 0 amide bonds. The number of anilines is 2. The van der Waals surface area contributed by atoms with Crippen LogP contribution in [0.1, 0.15) is 27.9 Å². The first kappa shape index (κ1) is 24.7. The summed E-state index contributed by atoms with van der Waals surface area (Å²) < 4.78 is 0. The van der Waals surface area contributed by atoms with Gasteiger partial charge in [-0.05, 0) is 54.5 Å². The van der Waals surface area contributed by atoms with Gasteiger partial charge >= 0.3 is 0 Å². The number of nitrogens with one attached hydrogen (secondary N) is 2. The summed E-state index contributed by atoms with van der Waals surface area (Å²) in [5.74, 6) is 0. The first-order valence-electron chi connectivity index (χ1n) is 12.5. The zero-order valence-electron chi connectivity index (χ0n) is 21.0. The van der Waals surface area contributed by atoms with E-state index in [4.69, 9.17) is 5.11 Å². The van der Waals surface area contributed by atoms with Crippen LogP contribution < -0.4 is 5.32 Å². The predicted octanol–water partition coefficient (Wildman–Crippen LogP) is 4.16. The van der Waals surface area contributed by atoms with E-state index in [-0.39, 0.29) is 6.61 Å². The number of pyridine rings is 2. The number of hydrogen-bond acceptors (Lipinski definition) is 7. The molecule has 5 rings (SSSR count). The van der Waals surface area contributed by atoms with Crippen molar-refractivity contribution >= 4 is 34.4 Å². The van der Waals surface area contributed by atoms with Gasteiger partial charge in [-0.15, -0.1) is 0 Å². The van der Waals surface area contributed by atoms with Crippen LogP contribution in [0.5, 0.6) is 0 Å². The highest BCUT2D eigenvalue weighted by atomic mass is 16.3. The molecular formula is C29H31N7O. The molecule has 3 aromatic heterocycles. The molecule has 0 spiro atoms. The molecule has 0 saturated carbocycles. The lowest BCUT2D eigenvalue weighted by atomic mass is 10.1. The normalized spacial score (nSPS) is 14.8. The monoisotopic (exact) mass is 493 g/mol. The SMILES string of the molecule is Cc1c(Nc2c(C#N)cncc2/C=C/c2ccc(CN3CCN(CCO)CC3)cn2)ccc2[nH]ccc12. The lowest BCUT2D eigenvalue weighted by Gasteiger charge is -2.34. The number of nitrogens with zero attached hydrogens (tertiary/aromatic N) is 5. The molecule has 1 aliphatic rings. The number of hydrogen-bond donors (Lipinski definition) is 3. The summed E-state index contributed by atoms with van der Waals surface area (Å²) in [6, 6.07) is 12.5. The molecule has 1 fully saturated rings. The van der Waals surface area contributed by atoms with Gasteiger partial charge < -0.3 is 15.4 Å². The highest BCUT2D eigenvalue weighted by molar-refractivity contribution is 5.90. The minimum atomic E-state index is 0.219. The summed E-state index contributed by atoms with van der Waals surface area (Å²) in [5.41, 5.74) is 7.19. The molecule has 1 aromatic carbocycles. The molecule has 0 bridgehead atoms. The minimum absolute atomic E-state index is 0.219. The molecule has 0 unspecified atom stereocenters. The molecule has 0 atom stereocenters. The van der Waals surface area contributed by atoms with Gasteiger partial charge in [0, 0.05) is 86.2 Å². The van der Waals surface area contributed by atoms with E-state index in [0.717, 1.165) is 78.4 Å². The Kier molecular flexibility index (Phi) is 7.57. The molecule has 4 heterocycles. The van der Waals surface area contributed by atoms with Crippen molar-refractivity contribution in [2.24, 2.45) is 0 Å². The van der Waals surface area contributed by atoms with Crippen molar-refractivity contribution in [3.8, 4) is 6.07 Å². The third-order valence-electron chi connectivity index (χ3n) is 6.93. The highest BCUT2D eigenvalue weighted by Gasteiger charge is 2.16. The van der Waals surface area contributed by atoms with Crippen LogP contribution in [0.4, 0.5) is 11.4 Å². The molecular weight excluding hydrogens is 462 g/mol. The molecule has 4 aromatic rings. The molecule has 0 radical (unpaired) electrons. The zero-order chi connectivity index (χ0) is 25.6. The maximum atomic E-state index is 9.73.